The smallest absolute Gasteiger partial charge is 0.279 e. The van der Waals surface area contributed by atoms with Crippen molar-refractivity contribution in [2.24, 2.45) is 5.92 Å². The molecule has 1 aliphatic rings. The van der Waals surface area contributed by atoms with Gasteiger partial charge in [-0.15, -0.1) is 0 Å². The summed E-state index contributed by atoms with van der Waals surface area (Å²) in [6.07, 6.45) is 6.96. The zero-order chi connectivity index (χ0) is 14.8. The van der Waals surface area contributed by atoms with Crippen molar-refractivity contribution in [1.29, 1.82) is 0 Å². The quantitative estimate of drug-likeness (QED) is 0.545. The molecule has 1 heterocycles. The largest absolute Gasteiger partial charge is 0.381 e. The summed E-state index contributed by atoms with van der Waals surface area (Å²) in [5.41, 5.74) is 0.575. The van der Waals surface area contributed by atoms with E-state index in [-0.39, 0.29) is 0 Å². The first kappa shape index (κ1) is 17.2. The van der Waals surface area contributed by atoms with Gasteiger partial charge in [0.25, 0.3) is 5.91 Å². The van der Waals surface area contributed by atoms with E-state index in [1.54, 1.807) is 6.92 Å². The zero-order valence-electron chi connectivity index (χ0n) is 12.8. The van der Waals surface area contributed by atoms with Gasteiger partial charge in [0.15, 0.2) is 5.83 Å². The van der Waals surface area contributed by atoms with Crippen LogP contribution in [-0.4, -0.2) is 25.7 Å². The van der Waals surface area contributed by atoms with Crippen LogP contribution in [0.5, 0.6) is 0 Å². The number of ether oxygens (including phenoxy) is 1. The number of hydrogen-bond donors (Lipinski definition) is 1. The lowest BCUT2D eigenvalue weighted by atomic mass is 10.0. The lowest BCUT2D eigenvalue weighted by Gasteiger charge is -2.22. The van der Waals surface area contributed by atoms with Crippen LogP contribution < -0.4 is 5.32 Å². The SMILES string of the molecule is CCCCCC/C(C)=C(\F)C(=O)NCC1CCOCC1. The Morgan fingerprint density at radius 3 is 2.60 bits per heavy atom. The van der Waals surface area contributed by atoms with Crippen molar-refractivity contribution < 1.29 is 13.9 Å². The minimum Gasteiger partial charge on any atom is -0.381 e. The van der Waals surface area contributed by atoms with E-state index < -0.39 is 11.7 Å². The topological polar surface area (TPSA) is 38.3 Å². The number of unbranched alkanes of at least 4 members (excludes halogenated alkanes) is 3. The highest BCUT2D eigenvalue weighted by Gasteiger charge is 2.17. The summed E-state index contributed by atoms with van der Waals surface area (Å²) in [6, 6.07) is 0. The van der Waals surface area contributed by atoms with E-state index in [9.17, 15) is 9.18 Å². The van der Waals surface area contributed by atoms with Gasteiger partial charge in [0.05, 0.1) is 0 Å². The second kappa shape index (κ2) is 9.92. The van der Waals surface area contributed by atoms with E-state index in [0.717, 1.165) is 45.3 Å². The summed E-state index contributed by atoms with van der Waals surface area (Å²) in [4.78, 5) is 11.7. The maximum Gasteiger partial charge on any atom is 0.279 e. The molecule has 0 aliphatic carbocycles. The lowest BCUT2D eigenvalue weighted by molar-refractivity contribution is -0.119. The molecule has 0 bridgehead atoms. The molecular weight excluding hydrogens is 257 g/mol. The molecule has 1 rings (SSSR count). The van der Waals surface area contributed by atoms with E-state index in [2.05, 4.69) is 12.2 Å². The Morgan fingerprint density at radius 2 is 1.95 bits per heavy atom. The lowest BCUT2D eigenvalue weighted by Crippen LogP contribution is -2.32. The summed E-state index contributed by atoms with van der Waals surface area (Å²) in [5.74, 6) is -0.719. The van der Waals surface area contributed by atoms with Crippen LogP contribution in [0.3, 0.4) is 0 Å². The number of carbonyl (C=O) groups is 1. The van der Waals surface area contributed by atoms with E-state index in [4.69, 9.17) is 4.74 Å². The summed E-state index contributed by atoms with van der Waals surface area (Å²) in [6.45, 7) is 5.91. The van der Waals surface area contributed by atoms with Crippen molar-refractivity contribution in [3.8, 4) is 0 Å². The first-order valence-corrected chi connectivity index (χ1v) is 7.86. The minimum absolute atomic E-state index is 0.422. The minimum atomic E-state index is -0.589. The molecule has 0 aromatic heterocycles. The molecule has 0 unspecified atom stereocenters. The fraction of sp³-hybridized carbons (Fsp3) is 0.812. The van der Waals surface area contributed by atoms with Crippen LogP contribution in [0.15, 0.2) is 11.4 Å². The fourth-order valence-electron chi connectivity index (χ4n) is 2.39. The Balaban J connectivity index is 2.28. The predicted molar refractivity (Wildman–Crippen MR) is 79.1 cm³/mol. The average molecular weight is 285 g/mol. The van der Waals surface area contributed by atoms with E-state index >= 15 is 0 Å². The molecule has 1 amide bonds. The Kier molecular flexibility index (Phi) is 8.51. The second-order valence-electron chi connectivity index (χ2n) is 5.67. The Labute approximate surface area is 122 Å². The van der Waals surface area contributed by atoms with Gasteiger partial charge in [-0.2, -0.15) is 0 Å². The van der Waals surface area contributed by atoms with Crippen LogP contribution in [0.2, 0.25) is 0 Å². The Hall–Kier alpha value is -0.900. The van der Waals surface area contributed by atoms with Gasteiger partial charge in [-0.25, -0.2) is 4.39 Å². The predicted octanol–water partition coefficient (Wildman–Crippen LogP) is 3.74. The maximum absolute atomic E-state index is 13.9. The molecular formula is C16H28FNO2. The van der Waals surface area contributed by atoms with E-state index in [1.165, 1.54) is 6.42 Å². The van der Waals surface area contributed by atoms with Gasteiger partial charge in [-0.3, -0.25) is 4.79 Å². The summed E-state index contributed by atoms with van der Waals surface area (Å²) >= 11 is 0. The van der Waals surface area contributed by atoms with Crippen LogP contribution in [0.25, 0.3) is 0 Å². The number of halogens is 1. The van der Waals surface area contributed by atoms with Crippen LogP contribution in [0.1, 0.15) is 58.8 Å². The fourth-order valence-corrected chi connectivity index (χ4v) is 2.39. The second-order valence-corrected chi connectivity index (χ2v) is 5.67. The zero-order valence-corrected chi connectivity index (χ0v) is 12.8. The monoisotopic (exact) mass is 285 g/mol. The molecule has 1 fully saturated rings. The molecule has 1 aliphatic heterocycles. The van der Waals surface area contributed by atoms with Crippen LogP contribution in [0.4, 0.5) is 4.39 Å². The number of rotatable bonds is 8. The van der Waals surface area contributed by atoms with Gasteiger partial charge in [0.2, 0.25) is 0 Å². The van der Waals surface area contributed by atoms with Crippen LogP contribution >= 0.6 is 0 Å². The highest BCUT2D eigenvalue weighted by atomic mass is 19.1. The van der Waals surface area contributed by atoms with Gasteiger partial charge in [0, 0.05) is 19.8 Å². The molecule has 0 aromatic carbocycles. The Morgan fingerprint density at radius 1 is 1.25 bits per heavy atom. The molecule has 0 saturated carbocycles. The number of amides is 1. The molecule has 4 heteroatoms. The standard InChI is InChI=1S/C16H28FNO2/c1-3-4-5-6-7-13(2)15(17)16(19)18-12-14-8-10-20-11-9-14/h14H,3-12H2,1-2H3,(H,18,19)/b15-13-. The molecule has 1 N–H and O–H groups in total. The molecule has 0 radical (unpaired) electrons. The molecule has 1 saturated heterocycles. The van der Waals surface area contributed by atoms with Crippen LogP contribution in [-0.2, 0) is 9.53 Å². The summed E-state index contributed by atoms with van der Waals surface area (Å²) < 4.78 is 19.2. The third-order valence-electron chi connectivity index (χ3n) is 3.87. The molecule has 3 nitrogen and oxygen atoms in total. The van der Waals surface area contributed by atoms with Crippen molar-refractivity contribution in [2.45, 2.75) is 58.8 Å². The third-order valence-corrected chi connectivity index (χ3v) is 3.87. The van der Waals surface area contributed by atoms with Gasteiger partial charge in [-0.1, -0.05) is 26.2 Å². The molecule has 20 heavy (non-hydrogen) atoms. The molecule has 116 valence electrons. The molecule has 0 spiro atoms. The number of hydrogen-bond acceptors (Lipinski definition) is 2. The van der Waals surface area contributed by atoms with Crippen molar-refractivity contribution in [3.05, 3.63) is 11.4 Å². The highest BCUT2D eigenvalue weighted by Crippen LogP contribution is 2.16. The normalized spacial score (nSPS) is 17.8. The first-order valence-electron chi connectivity index (χ1n) is 7.86. The first-order chi connectivity index (χ1) is 9.65. The third kappa shape index (κ3) is 6.51. The molecule has 0 atom stereocenters. The van der Waals surface area contributed by atoms with E-state index in [0.29, 0.717) is 24.5 Å². The summed E-state index contributed by atoms with van der Waals surface area (Å²) in [7, 11) is 0. The maximum atomic E-state index is 13.9. The summed E-state index contributed by atoms with van der Waals surface area (Å²) in [5, 5.41) is 2.71. The van der Waals surface area contributed by atoms with Crippen molar-refractivity contribution in [1.82, 2.24) is 5.32 Å². The van der Waals surface area contributed by atoms with Gasteiger partial charge >= 0.3 is 0 Å². The highest BCUT2D eigenvalue weighted by molar-refractivity contribution is 5.91. The van der Waals surface area contributed by atoms with E-state index in [1.807, 2.05) is 0 Å². The average Bonchev–Trinajstić information content (AvgIpc) is 2.49. The number of carbonyl (C=O) groups excluding carboxylic acids is 1. The van der Waals surface area contributed by atoms with Gasteiger partial charge < -0.3 is 10.1 Å². The van der Waals surface area contributed by atoms with Crippen molar-refractivity contribution in [2.75, 3.05) is 19.8 Å². The number of nitrogens with one attached hydrogen (secondary N) is 1. The molecule has 0 aromatic rings. The Bertz CT molecular complexity index is 322. The van der Waals surface area contributed by atoms with Gasteiger partial charge in [-0.05, 0) is 44.1 Å². The number of allylic oxidation sites excluding steroid dienone is 1. The van der Waals surface area contributed by atoms with Crippen molar-refractivity contribution >= 4 is 5.91 Å². The van der Waals surface area contributed by atoms with Crippen LogP contribution in [0, 0.1) is 5.92 Å². The van der Waals surface area contributed by atoms with Gasteiger partial charge in [0.1, 0.15) is 0 Å². The van der Waals surface area contributed by atoms with Crippen molar-refractivity contribution in [3.63, 3.8) is 0 Å².